The summed E-state index contributed by atoms with van der Waals surface area (Å²) >= 11 is 1.28. The zero-order valence-corrected chi connectivity index (χ0v) is 11.9. The summed E-state index contributed by atoms with van der Waals surface area (Å²) in [5, 5.41) is 8.72. The first-order chi connectivity index (χ1) is 9.58. The molecule has 112 valence electrons. The average molecular weight is 302 g/mol. The smallest absolute Gasteiger partial charge is 0.310 e. The topological polar surface area (TPSA) is 87.2 Å². The number of rotatable bonds is 5. The third-order valence-electron chi connectivity index (χ3n) is 3.40. The number of nitrogens with zero attached hydrogens (tertiary/aromatic N) is 2. The molecule has 0 spiro atoms. The van der Waals surface area contributed by atoms with E-state index in [0.29, 0.717) is 26.3 Å². The van der Waals surface area contributed by atoms with Gasteiger partial charge in [-0.1, -0.05) is 0 Å². The van der Waals surface area contributed by atoms with Crippen molar-refractivity contribution in [1.82, 2.24) is 9.80 Å². The van der Waals surface area contributed by atoms with Gasteiger partial charge in [0.1, 0.15) is 0 Å². The Hall–Kier alpha value is -1.28. The van der Waals surface area contributed by atoms with E-state index in [1.807, 2.05) is 0 Å². The predicted molar refractivity (Wildman–Crippen MR) is 72.4 cm³/mol. The highest BCUT2D eigenvalue weighted by atomic mass is 32.2. The summed E-state index contributed by atoms with van der Waals surface area (Å²) in [7, 11) is 0. The lowest BCUT2D eigenvalue weighted by Crippen LogP contribution is -2.53. The van der Waals surface area contributed by atoms with Crippen LogP contribution in [0.25, 0.3) is 0 Å². The summed E-state index contributed by atoms with van der Waals surface area (Å²) in [5.74, 6) is -0.854. The monoisotopic (exact) mass is 302 g/mol. The highest BCUT2D eigenvalue weighted by Gasteiger charge is 2.35. The Balaban J connectivity index is 1.60. The molecule has 7 nitrogen and oxygen atoms in total. The van der Waals surface area contributed by atoms with Crippen LogP contribution in [0.1, 0.15) is 0 Å². The SMILES string of the molecule is O=C(O)C1CN(C(=O)CSCC(=O)N2CCOCC2)C1. The van der Waals surface area contributed by atoms with E-state index in [4.69, 9.17) is 9.84 Å². The van der Waals surface area contributed by atoms with Crippen molar-refractivity contribution in [2.45, 2.75) is 0 Å². The van der Waals surface area contributed by atoms with Crippen molar-refractivity contribution >= 4 is 29.5 Å². The summed E-state index contributed by atoms with van der Waals surface area (Å²) in [6, 6.07) is 0. The van der Waals surface area contributed by atoms with Gasteiger partial charge in [-0.3, -0.25) is 14.4 Å². The lowest BCUT2D eigenvalue weighted by atomic mass is 10.0. The van der Waals surface area contributed by atoms with Gasteiger partial charge < -0.3 is 19.6 Å². The van der Waals surface area contributed by atoms with Crippen LogP contribution in [0.4, 0.5) is 0 Å². The van der Waals surface area contributed by atoms with E-state index in [2.05, 4.69) is 0 Å². The first kappa shape index (κ1) is 15.1. The van der Waals surface area contributed by atoms with Crippen LogP contribution >= 0.6 is 11.8 Å². The third-order valence-corrected chi connectivity index (χ3v) is 4.30. The number of carbonyl (C=O) groups excluding carboxylic acids is 2. The molecule has 2 aliphatic heterocycles. The zero-order chi connectivity index (χ0) is 14.5. The van der Waals surface area contributed by atoms with Gasteiger partial charge in [0.25, 0.3) is 0 Å². The molecule has 2 heterocycles. The van der Waals surface area contributed by atoms with E-state index < -0.39 is 11.9 Å². The van der Waals surface area contributed by atoms with Crippen LogP contribution in [0.15, 0.2) is 0 Å². The standard InChI is InChI=1S/C12H18N2O5S/c15-10(13-1-3-19-4-2-13)7-20-8-11(16)14-5-9(6-14)12(17)18/h9H,1-8H2,(H,17,18). The van der Waals surface area contributed by atoms with Gasteiger partial charge in [-0.2, -0.15) is 0 Å². The summed E-state index contributed by atoms with van der Waals surface area (Å²) in [6.45, 7) is 2.93. The minimum atomic E-state index is -0.857. The van der Waals surface area contributed by atoms with E-state index in [1.165, 1.54) is 16.7 Å². The van der Waals surface area contributed by atoms with Gasteiger partial charge in [0.05, 0.1) is 30.6 Å². The molecular formula is C12H18N2O5S. The maximum absolute atomic E-state index is 11.8. The fourth-order valence-electron chi connectivity index (χ4n) is 2.06. The first-order valence-corrected chi connectivity index (χ1v) is 7.67. The number of amides is 2. The van der Waals surface area contributed by atoms with Crippen molar-refractivity contribution in [3.05, 3.63) is 0 Å². The molecule has 0 aromatic heterocycles. The summed E-state index contributed by atoms with van der Waals surface area (Å²) in [6.07, 6.45) is 0. The number of hydrogen-bond donors (Lipinski definition) is 1. The number of morpholine rings is 1. The first-order valence-electron chi connectivity index (χ1n) is 6.52. The minimum absolute atomic E-state index is 0.0260. The lowest BCUT2D eigenvalue weighted by molar-refractivity contribution is -0.151. The number of likely N-dealkylation sites (tertiary alicyclic amines) is 1. The third kappa shape index (κ3) is 3.86. The predicted octanol–water partition coefficient (Wildman–Crippen LogP) is -0.879. The molecule has 2 aliphatic rings. The number of thioether (sulfide) groups is 1. The fourth-order valence-corrected chi connectivity index (χ4v) is 2.88. The molecule has 0 unspecified atom stereocenters. The van der Waals surface area contributed by atoms with Crippen molar-refractivity contribution in [3.8, 4) is 0 Å². The summed E-state index contributed by atoms with van der Waals surface area (Å²) < 4.78 is 5.17. The molecule has 0 radical (unpaired) electrons. The van der Waals surface area contributed by atoms with Gasteiger partial charge in [-0.25, -0.2) is 0 Å². The number of carboxylic acids is 1. The lowest BCUT2D eigenvalue weighted by Gasteiger charge is -2.36. The van der Waals surface area contributed by atoms with Crippen LogP contribution in [0.5, 0.6) is 0 Å². The van der Waals surface area contributed by atoms with E-state index >= 15 is 0 Å². The maximum atomic E-state index is 11.8. The Morgan fingerprint density at radius 3 is 2.15 bits per heavy atom. The fraction of sp³-hybridized carbons (Fsp3) is 0.750. The van der Waals surface area contributed by atoms with Gasteiger partial charge in [-0.05, 0) is 0 Å². The molecule has 20 heavy (non-hydrogen) atoms. The van der Waals surface area contributed by atoms with E-state index in [9.17, 15) is 14.4 Å². The van der Waals surface area contributed by atoms with E-state index in [1.54, 1.807) is 4.90 Å². The second-order valence-electron chi connectivity index (χ2n) is 4.82. The zero-order valence-electron chi connectivity index (χ0n) is 11.1. The molecule has 2 rings (SSSR count). The van der Waals surface area contributed by atoms with Crippen LogP contribution in [-0.2, 0) is 19.1 Å². The van der Waals surface area contributed by atoms with Crippen molar-refractivity contribution in [1.29, 1.82) is 0 Å². The summed E-state index contributed by atoms with van der Waals surface area (Å²) in [4.78, 5) is 37.4. The molecule has 2 amide bonds. The number of carbonyl (C=O) groups is 3. The van der Waals surface area contributed by atoms with Gasteiger partial charge in [0.2, 0.25) is 11.8 Å². The van der Waals surface area contributed by atoms with Gasteiger partial charge in [0, 0.05) is 26.2 Å². The largest absolute Gasteiger partial charge is 0.481 e. The van der Waals surface area contributed by atoms with Crippen molar-refractivity contribution in [2.75, 3.05) is 50.9 Å². The Kier molecular flexibility index (Phi) is 5.24. The van der Waals surface area contributed by atoms with Crippen LogP contribution in [0.2, 0.25) is 0 Å². The quantitative estimate of drug-likeness (QED) is 0.710. The minimum Gasteiger partial charge on any atom is -0.481 e. The molecule has 0 atom stereocenters. The Morgan fingerprint density at radius 1 is 1.05 bits per heavy atom. The second kappa shape index (κ2) is 6.94. The molecule has 0 aromatic carbocycles. The Morgan fingerprint density at radius 2 is 1.60 bits per heavy atom. The van der Waals surface area contributed by atoms with E-state index in [-0.39, 0.29) is 36.4 Å². The molecule has 0 aliphatic carbocycles. The molecule has 1 N–H and O–H groups in total. The van der Waals surface area contributed by atoms with Crippen LogP contribution in [0, 0.1) is 5.92 Å². The van der Waals surface area contributed by atoms with Gasteiger partial charge in [0.15, 0.2) is 0 Å². The molecule has 2 saturated heterocycles. The average Bonchev–Trinajstić information content (AvgIpc) is 2.37. The molecule has 0 bridgehead atoms. The van der Waals surface area contributed by atoms with Crippen LogP contribution in [0.3, 0.4) is 0 Å². The van der Waals surface area contributed by atoms with Crippen molar-refractivity contribution in [3.63, 3.8) is 0 Å². The number of hydrogen-bond acceptors (Lipinski definition) is 5. The van der Waals surface area contributed by atoms with Crippen LogP contribution < -0.4 is 0 Å². The van der Waals surface area contributed by atoms with E-state index in [0.717, 1.165) is 0 Å². The maximum Gasteiger partial charge on any atom is 0.310 e. The van der Waals surface area contributed by atoms with Gasteiger partial charge >= 0.3 is 5.97 Å². The van der Waals surface area contributed by atoms with Crippen LogP contribution in [-0.4, -0.2) is 83.6 Å². The molecule has 8 heteroatoms. The Labute approximate surface area is 121 Å². The van der Waals surface area contributed by atoms with Gasteiger partial charge in [-0.15, -0.1) is 11.8 Å². The number of aliphatic carboxylic acids is 1. The molecule has 2 fully saturated rings. The van der Waals surface area contributed by atoms with Crippen molar-refractivity contribution < 1.29 is 24.2 Å². The number of carboxylic acid groups (broad SMARTS) is 1. The second-order valence-corrected chi connectivity index (χ2v) is 5.81. The molecule has 0 aromatic rings. The highest BCUT2D eigenvalue weighted by Crippen LogP contribution is 2.17. The summed E-state index contributed by atoms with van der Waals surface area (Å²) in [5.41, 5.74) is 0. The highest BCUT2D eigenvalue weighted by molar-refractivity contribution is 8.00. The van der Waals surface area contributed by atoms with Crippen molar-refractivity contribution in [2.24, 2.45) is 5.92 Å². The molecule has 0 saturated carbocycles. The number of ether oxygens (including phenoxy) is 1. The normalized spacial score (nSPS) is 19.6. The molecular weight excluding hydrogens is 284 g/mol. The Bertz CT molecular complexity index is 391.